The van der Waals surface area contributed by atoms with E-state index in [0.717, 1.165) is 0 Å². The Balaban J connectivity index is 2.35. The van der Waals surface area contributed by atoms with Crippen LogP contribution in [-0.4, -0.2) is 34.2 Å². The van der Waals surface area contributed by atoms with Crippen molar-refractivity contribution in [3.8, 4) is 0 Å². The van der Waals surface area contributed by atoms with Crippen molar-refractivity contribution >= 4 is 0 Å². The van der Waals surface area contributed by atoms with Crippen molar-refractivity contribution in [2.75, 3.05) is 6.61 Å². The van der Waals surface area contributed by atoms with Crippen LogP contribution in [-0.2, 0) is 18.0 Å². The highest BCUT2D eigenvalue weighted by atomic mass is 19.3. The predicted molar refractivity (Wildman–Crippen MR) is 40.8 cm³/mol. The number of aliphatic hydroxyl groups excluding tert-OH is 1. The molecule has 0 saturated carbocycles. The number of alkyl halides is 4. The summed E-state index contributed by atoms with van der Waals surface area (Å²) in [7, 11) is 0. The number of nitrogens with zero attached hydrogens (tertiary/aromatic N) is 2. The number of hydrogen-bond donors (Lipinski definition) is 1. The quantitative estimate of drug-likeness (QED) is 0.755. The lowest BCUT2D eigenvalue weighted by molar-refractivity contribution is -0.168. The first-order valence-electron chi connectivity index (χ1n) is 4.11. The molecule has 1 aromatic rings. The van der Waals surface area contributed by atoms with Crippen LogP contribution < -0.4 is 0 Å². The van der Waals surface area contributed by atoms with Gasteiger partial charge >= 0.3 is 12.3 Å². The van der Waals surface area contributed by atoms with Crippen molar-refractivity contribution in [2.45, 2.75) is 25.6 Å². The van der Waals surface area contributed by atoms with Crippen molar-refractivity contribution in [1.82, 2.24) is 10.1 Å². The van der Waals surface area contributed by atoms with Gasteiger partial charge in [0.05, 0.1) is 0 Å². The van der Waals surface area contributed by atoms with E-state index in [1.165, 1.54) is 0 Å². The maximum Gasteiger partial charge on any atom is 0.330 e. The predicted octanol–water partition coefficient (Wildman–Crippen LogP) is 0.979. The van der Waals surface area contributed by atoms with Gasteiger partial charge in [-0.1, -0.05) is 5.16 Å². The Morgan fingerprint density at radius 3 is 2.62 bits per heavy atom. The lowest BCUT2D eigenvalue weighted by Gasteiger charge is -2.14. The molecule has 0 unspecified atom stereocenters. The molecule has 0 aliphatic heterocycles. The molecule has 0 saturated heterocycles. The second kappa shape index (κ2) is 5.21. The molecular weight excluding hydrogens is 236 g/mol. The maximum atomic E-state index is 12.3. The van der Waals surface area contributed by atoms with E-state index in [-0.39, 0.29) is 11.7 Å². The molecule has 0 spiro atoms. The van der Waals surface area contributed by atoms with Crippen LogP contribution in [0.1, 0.15) is 11.7 Å². The van der Waals surface area contributed by atoms with Gasteiger partial charge < -0.3 is 14.4 Å². The van der Waals surface area contributed by atoms with Crippen LogP contribution >= 0.6 is 0 Å². The van der Waals surface area contributed by atoms with Gasteiger partial charge in [0.1, 0.15) is 19.8 Å². The summed E-state index contributed by atoms with van der Waals surface area (Å²) in [6.07, 6.45) is -3.79. The SMILES string of the molecule is OCc1nc(COCC(F)(F)C(F)F)no1. The van der Waals surface area contributed by atoms with E-state index in [0.29, 0.717) is 0 Å². The molecule has 1 aromatic heterocycles. The smallest absolute Gasteiger partial charge is 0.330 e. The number of halogens is 4. The monoisotopic (exact) mass is 244 g/mol. The summed E-state index contributed by atoms with van der Waals surface area (Å²) in [5, 5.41) is 11.8. The third kappa shape index (κ3) is 3.42. The van der Waals surface area contributed by atoms with E-state index in [2.05, 4.69) is 19.4 Å². The van der Waals surface area contributed by atoms with Gasteiger partial charge in [-0.05, 0) is 0 Å². The second-order valence-electron chi connectivity index (χ2n) is 2.82. The Bertz CT molecular complexity index is 331. The maximum absolute atomic E-state index is 12.3. The lowest BCUT2D eigenvalue weighted by Crippen LogP contribution is -2.32. The third-order valence-corrected chi connectivity index (χ3v) is 1.49. The van der Waals surface area contributed by atoms with E-state index in [9.17, 15) is 17.6 Å². The van der Waals surface area contributed by atoms with Gasteiger partial charge in [0.15, 0.2) is 5.82 Å². The van der Waals surface area contributed by atoms with Crippen LogP contribution in [0.4, 0.5) is 17.6 Å². The Labute approximate surface area is 87.0 Å². The van der Waals surface area contributed by atoms with Gasteiger partial charge in [0.25, 0.3) is 5.89 Å². The highest BCUT2D eigenvalue weighted by molar-refractivity contribution is 4.82. The zero-order chi connectivity index (χ0) is 12.2. The zero-order valence-electron chi connectivity index (χ0n) is 7.87. The van der Waals surface area contributed by atoms with E-state index in [4.69, 9.17) is 5.11 Å². The number of hydrogen-bond acceptors (Lipinski definition) is 5. The number of ether oxygens (including phenoxy) is 1. The fourth-order valence-corrected chi connectivity index (χ4v) is 0.754. The summed E-state index contributed by atoms with van der Waals surface area (Å²) in [5.41, 5.74) is 0. The largest absolute Gasteiger partial charge is 0.387 e. The molecule has 0 aromatic carbocycles. The van der Waals surface area contributed by atoms with Crippen molar-refractivity contribution in [3.63, 3.8) is 0 Å². The summed E-state index contributed by atoms with van der Waals surface area (Å²) < 4.78 is 56.8. The van der Waals surface area contributed by atoms with Crippen LogP contribution in [0.3, 0.4) is 0 Å². The minimum absolute atomic E-state index is 0.103. The van der Waals surface area contributed by atoms with Crippen LogP contribution in [0.5, 0.6) is 0 Å². The van der Waals surface area contributed by atoms with Gasteiger partial charge in [-0.25, -0.2) is 8.78 Å². The highest BCUT2D eigenvalue weighted by Crippen LogP contribution is 2.23. The minimum atomic E-state index is -4.20. The Morgan fingerprint density at radius 2 is 2.12 bits per heavy atom. The molecule has 0 bridgehead atoms. The van der Waals surface area contributed by atoms with Crippen LogP contribution in [0.25, 0.3) is 0 Å². The summed E-state index contributed by atoms with van der Waals surface area (Å²) >= 11 is 0. The molecule has 0 radical (unpaired) electrons. The molecule has 1 heterocycles. The Hall–Kier alpha value is -1.22. The molecule has 9 heteroatoms. The number of aliphatic hydroxyl groups is 1. The van der Waals surface area contributed by atoms with Crippen molar-refractivity contribution in [1.29, 1.82) is 0 Å². The van der Waals surface area contributed by atoms with Crippen LogP contribution in [0.15, 0.2) is 4.52 Å². The fourth-order valence-electron chi connectivity index (χ4n) is 0.754. The van der Waals surface area contributed by atoms with Gasteiger partial charge in [0, 0.05) is 0 Å². The van der Waals surface area contributed by atoms with E-state index in [1.54, 1.807) is 0 Å². The standard InChI is InChI=1S/C7H8F4N2O3/c8-6(9)7(10,11)3-15-2-4-12-5(1-14)16-13-4/h6,14H,1-3H2. The molecule has 1 N–H and O–H groups in total. The topological polar surface area (TPSA) is 68.4 Å². The van der Waals surface area contributed by atoms with Gasteiger partial charge in [-0.15, -0.1) is 0 Å². The zero-order valence-corrected chi connectivity index (χ0v) is 7.87. The molecule has 0 amide bonds. The Kier molecular flexibility index (Phi) is 4.19. The summed E-state index contributed by atoms with van der Waals surface area (Å²) in [6.45, 7) is -2.43. The first kappa shape index (κ1) is 12.8. The summed E-state index contributed by atoms with van der Waals surface area (Å²) in [5.74, 6) is -4.42. The molecule has 0 aliphatic rings. The van der Waals surface area contributed by atoms with Crippen LogP contribution in [0, 0.1) is 0 Å². The van der Waals surface area contributed by atoms with Crippen molar-refractivity contribution < 1.29 is 31.9 Å². The van der Waals surface area contributed by atoms with Gasteiger partial charge in [-0.2, -0.15) is 13.8 Å². The van der Waals surface area contributed by atoms with Crippen LogP contribution in [0.2, 0.25) is 0 Å². The van der Waals surface area contributed by atoms with Gasteiger partial charge in [-0.3, -0.25) is 0 Å². The third-order valence-electron chi connectivity index (χ3n) is 1.49. The van der Waals surface area contributed by atoms with Crippen molar-refractivity contribution in [2.24, 2.45) is 0 Å². The van der Waals surface area contributed by atoms with E-state index in [1.807, 2.05) is 0 Å². The molecule has 16 heavy (non-hydrogen) atoms. The summed E-state index contributed by atoms with van der Waals surface area (Å²) in [4.78, 5) is 3.51. The second-order valence-corrected chi connectivity index (χ2v) is 2.82. The molecule has 92 valence electrons. The minimum Gasteiger partial charge on any atom is -0.387 e. The lowest BCUT2D eigenvalue weighted by atomic mass is 10.4. The summed E-state index contributed by atoms with van der Waals surface area (Å²) in [6, 6.07) is 0. The van der Waals surface area contributed by atoms with Crippen molar-refractivity contribution in [3.05, 3.63) is 11.7 Å². The number of rotatable bonds is 6. The highest BCUT2D eigenvalue weighted by Gasteiger charge is 2.41. The first-order valence-corrected chi connectivity index (χ1v) is 4.11. The molecule has 0 aliphatic carbocycles. The number of aromatic nitrogens is 2. The fraction of sp³-hybridized carbons (Fsp3) is 0.714. The molecule has 5 nitrogen and oxygen atoms in total. The van der Waals surface area contributed by atoms with E-state index < -0.39 is 32.2 Å². The normalized spacial score (nSPS) is 12.4. The average molecular weight is 244 g/mol. The molecule has 0 fully saturated rings. The van der Waals surface area contributed by atoms with E-state index >= 15 is 0 Å². The molecular formula is C7H8F4N2O3. The Morgan fingerprint density at radius 1 is 1.44 bits per heavy atom. The first-order chi connectivity index (χ1) is 7.45. The molecule has 0 atom stereocenters. The molecule has 1 rings (SSSR count). The van der Waals surface area contributed by atoms with Gasteiger partial charge in [0.2, 0.25) is 0 Å². The average Bonchev–Trinajstić information content (AvgIpc) is 2.65.